The van der Waals surface area contributed by atoms with Crippen molar-refractivity contribution >= 4 is 11.7 Å². The van der Waals surface area contributed by atoms with E-state index in [0.29, 0.717) is 11.4 Å². The first kappa shape index (κ1) is 17.9. The van der Waals surface area contributed by atoms with Gasteiger partial charge >= 0.3 is 0 Å². The predicted molar refractivity (Wildman–Crippen MR) is 99.0 cm³/mol. The van der Waals surface area contributed by atoms with E-state index in [1.54, 1.807) is 0 Å². The second-order valence-electron chi connectivity index (χ2n) is 6.52. The van der Waals surface area contributed by atoms with Gasteiger partial charge in [-0.1, -0.05) is 29.8 Å². The summed E-state index contributed by atoms with van der Waals surface area (Å²) in [7, 11) is 1.85. The van der Waals surface area contributed by atoms with Crippen LogP contribution in [-0.4, -0.2) is 10.5 Å². The number of aromatic nitrogens is 1. The molecular weight excluding hydrogens is 334 g/mol. The Morgan fingerprint density at radius 2 is 1.65 bits per heavy atom. The highest BCUT2D eigenvalue weighted by molar-refractivity contribution is 5.96. The van der Waals surface area contributed by atoms with Gasteiger partial charge in [0.2, 0.25) is 5.91 Å². The van der Waals surface area contributed by atoms with Crippen LogP contribution in [0, 0.1) is 25.5 Å². The van der Waals surface area contributed by atoms with Gasteiger partial charge in [-0.15, -0.1) is 0 Å². The van der Waals surface area contributed by atoms with E-state index < -0.39 is 11.6 Å². The van der Waals surface area contributed by atoms with Crippen molar-refractivity contribution in [2.45, 2.75) is 20.3 Å². The number of hydrogen-bond acceptors (Lipinski definition) is 1. The predicted octanol–water partition coefficient (Wildman–Crippen LogP) is 4.77. The van der Waals surface area contributed by atoms with Gasteiger partial charge in [-0.25, -0.2) is 8.78 Å². The topological polar surface area (TPSA) is 34.0 Å². The van der Waals surface area contributed by atoms with Crippen molar-refractivity contribution < 1.29 is 13.6 Å². The van der Waals surface area contributed by atoms with E-state index in [9.17, 15) is 13.6 Å². The van der Waals surface area contributed by atoms with E-state index in [1.807, 2.05) is 55.9 Å². The van der Waals surface area contributed by atoms with Gasteiger partial charge < -0.3 is 9.88 Å². The van der Waals surface area contributed by atoms with Crippen LogP contribution in [0.1, 0.15) is 16.7 Å². The summed E-state index contributed by atoms with van der Waals surface area (Å²) in [5.74, 6) is -1.05. The number of carbonyl (C=O) groups excluding carboxylic acids is 1. The molecule has 1 aromatic heterocycles. The fourth-order valence-electron chi connectivity index (χ4n) is 3.09. The average Bonchev–Trinajstić information content (AvgIpc) is 2.81. The molecule has 1 amide bonds. The Kier molecular flexibility index (Phi) is 4.89. The summed E-state index contributed by atoms with van der Waals surface area (Å²) in [5, 5.41) is 2.88. The highest BCUT2D eigenvalue weighted by atomic mass is 19.1. The molecule has 5 heteroatoms. The van der Waals surface area contributed by atoms with Gasteiger partial charge in [-0.05, 0) is 42.7 Å². The molecule has 134 valence electrons. The third kappa shape index (κ3) is 3.82. The van der Waals surface area contributed by atoms with Gasteiger partial charge in [0.1, 0.15) is 17.5 Å². The van der Waals surface area contributed by atoms with Gasteiger partial charge in [-0.2, -0.15) is 0 Å². The van der Waals surface area contributed by atoms with Crippen LogP contribution < -0.4 is 5.32 Å². The van der Waals surface area contributed by atoms with Crippen LogP contribution >= 0.6 is 0 Å². The lowest BCUT2D eigenvalue weighted by atomic mass is 10.0. The normalized spacial score (nSPS) is 10.8. The summed E-state index contributed by atoms with van der Waals surface area (Å²) < 4.78 is 28.5. The van der Waals surface area contributed by atoms with Crippen molar-refractivity contribution in [3.05, 3.63) is 77.0 Å². The Morgan fingerprint density at radius 1 is 1.04 bits per heavy atom. The molecule has 0 radical (unpaired) electrons. The van der Waals surface area contributed by atoms with Gasteiger partial charge in [0.05, 0.1) is 6.42 Å². The molecule has 0 fully saturated rings. The molecule has 0 aliphatic heterocycles. The van der Waals surface area contributed by atoms with Gasteiger partial charge in [0.15, 0.2) is 0 Å². The van der Waals surface area contributed by atoms with Crippen LogP contribution in [0.5, 0.6) is 0 Å². The Hall–Kier alpha value is -2.95. The molecule has 26 heavy (non-hydrogen) atoms. The minimum atomic E-state index is -0.692. The van der Waals surface area contributed by atoms with Crippen LogP contribution in [0.2, 0.25) is 0 Å². The molecule has 3 aromatic rings. The summed E-state index contributed by atoms with van der Waals surface area (Å²) >= 11 is 0. The van der Waals surface area contributed by atoms with E-state index >= 15 is 0 Å². The molecule has 0 aliphatic rings. The minimum Gasteiger partial charge on any atom is -0.337 e. The Balaban J connectivity index is 1.87. The van der Waals surface area contributed by atoms with E-state index in [1.165, 1.54) is 12.1 Å². The van der Waals surface area contributed by atoms with Crippen LogP contribution in [0.25, 0.3) is 11.1 Å². The van der Waals surface area contributed by atoms with E-state index in [0.717, 1.165) is 28.3 Å². The maximum Gasteiger partial charge on any atom is 0.229 e. The van der Waals surface area contributed by atoms with Gasteiger partial charge in [-0.3, -0.25) is 4.79 Å². The summed E-state index contributed by atoms with van der Waals surface area (Å²) in [6.07, 6.45) is 1.83. The van der Waals surface area contributed by atoms with Crippen molar-refractivity contribution in [1.82, 2.24) is 4.57 Å². The zero-order chi connectivity index (χ0) is 18.8. The maximum atomic E-state index is 13.3. The number of nitrogens with one attached hydrogen (secondary N) is 1. The second kappa shape index (κ2) is 7.12. The molecule has 1 heterocycles. The highest BCUT2D eigenvalue weighted by Gasteiger charge is 2.16. The van der Waals surface area contributed by atoms with Crippen LogP contribution in [0.3, 0.4) is 0 Å². The van der Waals surface area contributed by atoms with Crippen molar-refractivity contribution in [3.63, 3.8) is 0 Å². The van der Waals surface area contributed by atoms with Crippen molar-refractivity contribution in [3.8, 4) is 11.1 Å². The van der Waals surface area contributed by atoms with Crippen LogP contribution in [0.4, 0.5) is 14.6 Å². The first-order valence-corrected chi connectivity index (χ1v) is 8.31. The standard InChI is InChI=1S/C21H20F2N2O/c1-13-4-6-16(7-5-13)20-14(2)12-25(3)21(20)24-19(26)10-15-8-17(22)11-18(23)9-15/h4-9,11-12H,10H2,1-3H3,(H,24,26). The van der Waals surface area contributed by atoms with Crippen molar-refractivity contribution in [2.24, 2.45) is 7.05 Å². The molecular formula is C21H20F2N2O. The van der Waals surface area contributed by atoms with Crippen molar-refractivity contribution in [1.29, 1.82) is 0 Å². The SMILES string of the molecule is Cc1ccc(-c2c(C)cn(C)c2NC(=O)Cc2cc(F)cc(F)c2)cc1. The number of halogens is 2. The number of amides is 1. The van der Waals surface area contributed by atoms with Crippen molar-refractivity contribution in [2.75, 3.05) is 5.32 Å². The van der Waals surface area contributed by atoms with Gasteiger partial charge in [0.25, 0.3) is 0 Å². The lowest BCUT2D eigenvalue weighted by Gasteiger charge is -2.11. The smallest absolute Gasteiger partial charge is 0.229 e. The molecule has 1 N–H and O–H groups in total. The third-order valence-electron chi connectivity index (χ3n) is 4.26. The maximum absolute atomic E-state index is 13.3. The van der Waals surface area contributed by atoms with E-state index in [2.05, 4.69) is 5.32 Å². The number of aryl methyl sites for hydroxylation is 3. The molecule has 0 atom stereocenters. The fourth-order valence-corrected chi connectivity index (χ4v) is 3.09. The molecule has 0 bridgehead atoms. The number of nitrogens with zero attached hydrogens (tertiary/aromatic N) is 1. The van der Waals surface area contributed by atoms with Crippen LogP contribution in [-0.2, 0) is 18.3 Å². The lowest BCUT2D eigenvalue weighted by molar-refractivity contribution is -0.115. The molecule has 0 aliphatic carbocycles. The Labute approximate surface area is 151 Å². The molecule has 0 saturated carbocycles. The summed E-state index contributed by atoms with van der Waals surface area (Å²) in [6, 6.07) is 11.2. The van der Waals surface area contributed by atoms with Gasteiger partial charge in [0, 0.05) is 24.9 Å². The summed E-state index contributed by atoms with van der Waals surface area (Å²) in [6.45, 7) is 4.00. The third-order valence-corrected chi connectivity index (χ3v) is 4.26. The molecule has 3 nitrogen and oxygen atoms in total. The zero-order valence-electron chi connectivity index (χ0n) is 14.9. The Bertz CT molecular complexity index is 939. The molecule has 3 rings (SSSR count). The minimum absolute atomic E-state index is 0.105. The molecule has 0 spiro atoms. The number of benzene rings is 2. The number of carbonyl (C=O) groups is 1. The lowest BCUT2D eigenvalue weighted by Crippen LogP contribution is -2.17. The Morgan fingerprint density at radius 3 is 2.27 bits per heavy atom. The fraction of sp³-hybridized carbons (Fsp3) is 0.190. The highest BCUT2D eigenvalue weighted by Crippen LogP contribution is 2.33. The average molecular weight is 354 g/mol. The summed E-state index contributed by atoms with van der Waals surface area (Å²) in [5.41, 5.74) is 4.42. The van der Waals surface area contributed by atoms with Crippen LogP contribution in [0.15, 0.2) is 48.7 Å². The summed E-state index contributed by atoms with van der Waals surface area (Å²) in [4.78, 5) is 12.4. The molecule has 2 aromatic carbocycles. The number of hydrogen-bond donors (Lipinski definition) is 1. The second-order valence-corrected chi connectivity index (χ2v) is 6.52. The largest absolute Gasteiger partial charge is 0.337 e. The monoisotopic (exact) mass is 354 g/mol. The zero-order valence-corrected chi connectivity index (χ0v) is 14.9. The van der Waals surface area contributed by atoms with E-state index in [4.69, 9.17) is 0 Å². The number of rotatable bonds is 4. The quantitative estimate of drug-likeness (QED) is 0.720. The first-order valence-electron chi connectivity index (χ1n) is 8.31. The number of anilines is 1. The molecule has 0 saturated heterocycles. The molecule has 0 unspecified atom stereocenters. The first-order chi connectivity index (χ1) is 12.3. The van der Waals surface area contributed by atoms with E-state index in [-0.39, 0.29) is 12.3 Å².